The molecule has 2 aromatic carbocycles. The standard InChI is InChI=1S/C22H21N5O3/c28-21(14-11-16-6-3-4-7-19(16)27(29)30)23-18-12-9-17(10-13-18)22-25-24-20-8-2-1-5-15-26(20)22/h3-4,6-7,9-14H,1-2,5,8,15H2,(H,23,28). The summed E-state index contributed by atoms with van der Waals surface area (Å²) in [5.74, 6) is 1.51. The highest BCUT2D eigenvalue weighted by atomic mass is 16.6. The third-order valence-corrected chi connectivity index (χ3v) is 5.07. The number of nitro groups is 1. The zero-order valence-electron chi connectivity index (χ0n) is 16.3. The molecule has 0 spiro atoms. The van der Waals surface area contributed by atoms with Gasteiger partial charge >= 0.3 is 0 Å². The molecular weight excluding hydrogens is 382 g/mol. The van der Waals surface area contributed by atoms with Crippen molar-refractivity contribution in [2.75, 3.05) is 5.32 Å². The molecule has 2 heterocycles. The second kappa shape index (κ2) is 8.69. The monoisotopic (exact) mass is 403 g/mol. The number of benzene rings is 2. The number of amides is 1. The highest BCUT2D eigenvalue weighted by molar-refractivity contribution is 6.02. The molecule has 1 amide bonds. The Balaban J connectivity index is 1.45. The van der Waals surface area contributed by atoms with Crippen LogP contribution < -0.4 is 5.32 Å². The first kappa shape index (κ1) is 19.5. The van der Waals surface area contributed by atoms with E-state index < -0.39 is 4.92 Å². The van der Waals surface area contributed by atoms with Gasteiger partial charge < -0.3 is 9.88 Å². The fourth-order valence-corrected chi connectivity index (χ4v) is 3.55. The van der Waals surface area contributed by atoms with Gasteiger partial charge in [-0.2, -0.15) is 0 Å². The van der Waals surface area contributed by atoms with Crippen LogP contribution in [0.5, 0.6) is 0 Å². The molecule has 4 rings (SSSR count). The molecule has 3 aromatic rings. The van der Waals surface area contributed by atoms with Crippen molar-refractivity contribution in [1.82, 2.24) is 14.8 Å². The van der Waals surface area contributed by atoms with Crippen LogP contribution in [0.4, 0.5) is 11.4 Å². The van der Waals surface area contributed by atoms with Gasteiger partial charge in [0.05, 0.1) is 10.5 Å². The van der Waals surface area contributed by atoms with Gasteiger partial charge in [-0.3, -0.25) is 14.9 Å². The lowest BCUT2D eigenvalue weighted by atomic mass is 10.1. The zero-order valence-corrected chi connectivity index (χ0v) is 16.3. The van der Waals surface area contributed by atoms with Crippen molar-refractivity contribution in [2.45, 2.75) is 32.2 Å². The van der Waals surface area contributed by atoms with E-state index in [9.17, 15) is 14.9 Å². The number of rotatable bonds is 5. The van der Waals surface area contributed by atoms with Gasteiger partial charge in [0.25, 0.3) is 5.69 Å². The van der Waals surface area contributed by atoms with Crippen LogP contribution in [-0.2, 0) is 17.8 Å². The van der Waals surface area contributed by atoms with E-state index in [1.807, 2.05) is 24.3 Å². The van der Waals surface area contributed by atoms with E-state index in [-0.39, 0.29) is 11.6 Å². The Morgan fingerprint density at radius 3 is 2.67 bits per heavy atom. The molecule has 8 heteroatoms. The van der Waals surface area contributed by atoms with Gasteiger partial charge in [-0.25, -0.2) is 0 Å². The van der Waals surface area contributed by atoms with Crippen molar-refractivity contribution < 1.29 is 9.72 Å². The smallest absolute Gasteiger partial charge is 0.276 e. The molecule has 0 bridgehead atoms. The summed E-state index contributed by atoms with van der Waals surface area (Å²) in [6, 6.07) is 13.7. The molecule has 1 N–H and O–H groups in total. The van der Waals surface area contributed by atoms with E-state index in [4.69, 9.17) is 0 Å². The number of carbonyl (C=O) groups excluding carboxylic acids is 1. The number of nitrogens with one attached hydrogen (secondary N) is 1. The quantitative estimate of drug-likeness (QED) is 0.390. The van der Waals surface area contributed by atoms with Crippen molar-refractivity contribution in [2.24, 2.45) is 0 Å². The lowest BCUT2D eigenvalue weighted by Gasteiger charge is -2.08. The summed E-state index contributed by atoms with van der Waals surface area (Å²) < 4.78 is 2.18. The highest BCUT2D eigenvalue weighted by Gasteiger charge is 2.16. The first-order chi connectivity index (χ1) is 14.6. The first-order valence-corrected chi connectivity index (χ1v) is 9.87. The van der Waals surface area contributed by atoms with E-state index in [0.29, 0.717) is 11.3 Å². The topological polar surface area (TPSA) is 103 Å². The summed E-state index contributed by atoms with van der Waals surface area (Å²) in [6.45, 7) is 0.923. The van der Waals surface area contributed by atoms with E-state index in [0.717, 1.165) is 43.0 Å². The molecule has 1 aliphatic rings. The van der Waals surface area contributed by atoms with Gasteiger partial charge in [0.15, 0.2) is 5.82 Å². The Kier molecular flexibility index (Phi) is 5.65. The molecule has 8 nitrogen and oxygen atoms in total. The van der Waals surface area contributed by atoms with Crippen LogP contribution in [0.15, 0.2) is 54.6 Å². The van der Waals surface area contributed by atoms with E-state index >= 15 is 0 Å². The summed E-state index contributed by atoms with van der Waals surface area (Å²) in [4.78, 5) is 22.8. The third-order valence-electron chi connectivity index (χ3n) is 5.07. The summed E-state index contributed by atoms with van der Waals surface area (Å²) >= 11 is 0. The second-order valence-electron chi connectivity index (χ2n) is 7.12. The zero-order chi connectivity index (χ0) is 20.9. The lowest BCUT2D eigenvalue weighted by molar-refractivity contribution is -0.385. The SMILES string of the molecule is O=C(C=Cc1ccccc1[N+](=O)[O-])Nc1ccc(-c2nnc3n2CCCCC3)cc1. The fraction of sp³-hybridized carbons (Fsp3) is 0.227. The minimum Gasteiger partial charge on any atom is -0.323 e. The molecule has 1 aliphatic heterocycles. The van der Waals surface area contributed by atoms with Crippen molar-refractivity contribution in [3.63, 3.8) is 0 Å². The van der Waals surface area contributed by atoms with Crippen molar-refractivity contribution >= 4 is 23.4 Å². The molecule has 0 aliphatic carbocycles. The summed E-state index contributed by atoms with van der Waals surface area (Å²) in [7, 11) is 0. The maximum atomic E-state index is 12.2. The van der Waals surface area contributed by atoms with Crippen LogP contribution in [0.25, 0.3) is 17.5 Å². The number of nitro benzene ring substituents is 1. The Morgan fingerprint density at radius 2 is 1.87 bits per heavy atom. The van der Waals surface area contributed by atoms with Crippen molar-refractivity contribution in [3.05, 3.63) is 76.1 Å². The van der Waals surface area contributed by atoms with Crippen LogP contribution in [0.1, 0.15) is 30.7 Å². The number of hydrogen-bond acceptors (Lipinski definition) is 5. The molecule has 152 valence electrons. The molecule has 0 saturated heterocycles. The van der Waals surface area contributed by atoms with Gasteiger partial charge in [-0.05, 0) is 49.2 Å². The maximum Gasteiger partial charge on any atom is 0.276 e. The Morgan fingerprint density at radius 1 is 1.07 bits per heavy atom. The molecular formula is C22H21N5O3. The van der Waals surface area contributed by atoms with Gasteiger partial charge in [-0.1, -0.05) is 18.6 Å². The number of para-hydroxylation sites is 1. The molecule has 30 heavy (non-hydrogen) atoms. The second-order valence-corrected chi connectivity index (χ2v) is 7.12. The Labute approximate surface area is 173 Å². The summed E-state index contributed by atoms with van der Waals surface area (Å²) in [5.41, 5.74) is 1.91. The van der Waals surface area contributed by atoms with Crippen LogP contribution in [-0.4, -0.2) is 25.6 Å². The van der Waals surface area contributed by atoms with E-state index in [1.165, 1.54) is 24.6 Å². The van der Waals surface area contributed by atoms with E-state index in [2.05, 4.69) is 20.1 Å². The highest BCUT2D eigenvalue weighted by Crippen LogP contribution is 2.24. The van der Waals surface area contributed by atoms with Crippen LogP contribution in [0.3, 0.4) is 0 Å². The number of aromatic nitrogens is 3. The van der Waals surface area contributed by atoms with Crippen LogP contribution in [0, 0.1) is 10.1 Å². The fourth-order valence-electron chi connectivity index (χ4n) is 3.55. The number of aryl methyl sites for hydroxylation is 1. The third kappa shape index (κ3) is 4.27. The predicted octanol–water partition coefficient (Wildman–Crippen LogP) is 4.23. The van der Waals surface area contributed by atoms with Crippen LogP contribution in [0.2, 0.25) is 0 Å². The predicted molar refractivity (Wildman–Crippen MR) is 114 cm³/mol. The minimum atomic E-state index is -0.471. The largest absolute Gasteiger partial charge is 0.323 e. The van der Waals surface area contributed by atoms with Crippen molar-refractivity contribution in [1.29, 1.82) is 0 Å². The van der Waals surface area contributed by atoms with Gasteiger partial charge in [-0.15, -0.1) is 10.2 Å². The number of carbonyl (C=O) groups is 1. The molecule has 0 fully saturated rings. The average Bonchev–Trinajstić information content (AvgIpc) is 3.01. The summed E-state index contributed by atoms with van der Waals surface area (Å²) in [6.07, 6.45) is 7.14. The van der Waals surface area contributed by atoms with Gasteiger partial charge in [0.2, 0.25) is 5.91 Å². The lowest BCUT2D eigenvalue weighted by Crippen LogP contribution is -2.08. The number of hydrogen-bond donors (Lipinski definition) is 1. The maximum absolute atomic E-state index is 12.2. The first-order valence-electron chi connectivity index (χ1n) is 9.87. The normalized spacial score (nSPS) is 13.6. The molecule has 0 atom stereocenters. The number of fused-ring (bicyclic) bond motifs is 1. The van der Waals surface area contributed by atoms with Gasteiger partial charge in [0.1, 0.15) is 5.82 Å². The van der Waals surface area contributed by atoms with E-state index in [1.54, 1.807) is 18.2 Å². The number of nitrogens with zero attached hydrogens (tertiary/aromatic N) is 4. The Hall–Kier alpha value is -3.81. The number of anilines is 1. The molecule has 0 unspecified atom stereocenters. The summed E-state index contributed by atoms with van der Waals surface area (Å²) in [5, 5.41) is 22.5. The minimum absolute atomic E-state index is 0.0432. The Bertz CT molecular complexity index is 1100. The van der Waals surface area contributed by atoms with Gasteiger partial charge in [0, 0.05) is 36.4 Å². The van der Waals surface area contributed by atoms with Crippen LogP contribution >= 0.6 is 0 Å². The molecule has 0 saturated carbocycles. The average molecular weight is 403 g/mol. The molecule has 0 radical (unpaired) electrons. The molecule has 1 aromatic heterocycles. The van der Waals surface area contributed by atoms with Crippen molar-refractivity contribution in [3.8, 4) is 11.4 Å².